The van der Waals surface area contributed by atoms with Gasteiger partial charge in [0, 0.05) is 25.5 Å². The third kappa shape index (κ3) is 6.90. The molecule has 0 saturated carbocycles. The molecular weight excluding hydrogens is 478 g/mol. The topological polar surface area (TPSA) is 90.9 Å². The summed E-state index contributed by atoms with van der Waals surface area (Å²) in [5.74, 6) is 1.63. The molecule has 0 aliphatic heterocycles. The Kier molecular flexibility index (Phi) is 9.19. The van der Waals surface area contributed by atoms with E-state index < -0.39 is 16.1 Å². The summed E-state index contributed by atoms with van der Waals surface area (Å²) in [5, 5.41) is 0. The third-order valence-corrected chi connectivity index (χ3v) is 7.26. The molecule has 1 aromatic heterocycles. The zero-order valence-electron chi connectivity index (χ0n) is 21.3. The molecule has 3 aromatic rings. The van der Waals surface area contributed by atoms with Crippen molar-refractivity contribution in [2.75, 3.05) is 14.2 Å². The van der Waals surface area contributed by atoms with E-state index in [-0.39, 0.29) is 29.9 Å². The van der Waals surface area contributed by atoms with Crippen LogP contribution in [-0.4, -0.2) is 43.0 Å². The molecule has 0 fully saturated rings. The smallest absolute Gasteiger partial charge is 0.242 e. The van der Waals surface area contributed by atoms with Crippen LogP contribution in [0.3, 0.4) is 0 Å². The fourth-order valence-corrected chi connectivity index (χ4v) is 4.89. The second-order valence-corrected chi connectivity index (χ2v) is 10.6. The van der Waals surface area contributed by atoms with Crippen LogP contribution in [0.1, 0.15) is 42.5 Å². The van der Waals surface area contributed by atoms with Crippen LogP contribution in [0.4, 0.5) is 0 Å². The predicted molar refractivity (Wildman–Crippen MR) is 139 cm³/mol. The lowest BCUT2D eigenvalue weighted by Gasteiger charge is -2.28. The van der Waals surface area contributed by atoms with E-state index >= 15 is 0 Å². The van der Waals surface area contributed by atoms with Crippen molar-refractivity contribution in [3.05, 3.63) is 94.9 Å². The normalized spacial score (nSPS) is 12.5. The lowest BCUT2D eigenvalue weighted by molar-refractivity contribution is 0.0270. The summed E-state index contributed by atoms with van der Waals surface area (Å²) in [6.07, 6.45) is 1.96. The number of aromatic nitrogens is 2. The van der Waals surface area contributed by atoms with Gasteiger partial charge >= 0.3 is 0 Å². The monoisotopic (exact) mass is 511 g/mol. The number of nitrogens with zero attached hydrogens (tertiary/aromatic N) is 3. The number of hydrogen-bond acceptors (Lipinski definition) is 7. The van der Waals surface area contributed by atoms with Crippen molar-refractivity contribution in [3.8, 4) is 11.5 Å². The van der Waals surface area contributed by atoms with Crippen LogP contribution in [-0.2, 0) is 27.8 Å². The molecule has 9 heteroatoms. The van der Waals surface area contributed by atoms with Crippen molar-refractivity contribution in [3.63, 3.8) is 0 Å². The minimum Gasteiger partial charge on any atom is -0.497 e. The summed E-state index contributed by atoms with van der Waals surface area (Å²) < 4.78 is 45.8. The molecule has 192 valence electrons. The first-order chi connectivity index (χ1) is 17.1. The Bertz CT molecular complexity index is 1190. The molecule has 0 N–H and O–H groups in total. The molecular formula is C27H33N3O5S. The SMILES string of the molecule is C=C([C@@H](OC(C)C)c1ncc(C)cn1)S(=O)(=O)N(Cc1ccc(OC)cc1)Cc1ccc(OC)cc1. The van der Waals surface area contributed by atoms with E-state index in [2.05, 4.69) is 16.5 Å². The first-order valence-electron chi connectivity index (χ1n) is 11.5. The highest BCUT2D eigenvalue weighted by atomic mass is 32.2. The summed E-state index contributed by atoms with van der Waals surface area (Å²) in [6.45, 7) is 9.73. The summed E-state index contributed by atoms with van der Waals surface area (Å²) in [7, 11) is -0.891. The zero-order valence-corrected chi connectivity index (χ0v) is 22.2. The Balaban J connectivity index is 1.98. The molecule has 0 unspecified atom stereocenters. The van der Waals surface area contributed by atoms with Gasteiger partial charge in [0.25, 0.3) is 0 Å². The average Bonchev–Trinajstić information content (AvgIpc) is 2.87. The van der Waals surface area contributed by atoms with Gasteiger partial charge in [0.05, 0.1) is 25.2 Å². The molecule has 0 bridgehead atoms. The summed E-state index contributed by atoms with van der Waals surface area (Å²) in [5.41, 5.74) is 2.46. The van der Waals surface area contributed by atoms with Gasteiger partial charge < -0.3 is 14.2 Å². The van der Waals surface area contributed by atoms with Crippen LogP contribution in [0.5, 0.6) is 11.5 Å². The molecule has 36 heavy (non-hydrogen) atoms. The molecule has 3 rings (SSSR count). The maximum absolute atomic E-state index is 14.0. The van der Waals surface area contributed by atoms with Crippen LogP contribution < -0.4 is 9.47 Å². The molecule has 0 aliphatic carbocycles. The Hall–Kier alpha value is -3.27. The van der Waals surface area contributed by atoms with Crippen LogP contribution in [0.2, 0.25) is 0 Å². The molecule has 0 saturated heterocycles. The number of ether oxygens (including phenoxy) is 3. The number of hydrogen-bond donors (Lipinski definition) is 0. The van der Waals surface area contributed by atoms with Crippen molar-refractivity contribution in [1.82, 2.24) is 14.3 Å². The average molecular weight is 512 g/mol. The molecule has 0 amide bonds. The third-order valence-electron chi connectivity index (χ3n) is 5.44. The van der Waals surface area contributed by atoms with Crippen LogP contribution >= 0.6 is 0 Å². The van der Waals surface area contributed by atoms with E-state index in [1.54, 1.807) is 50.9 Å². The minimum atomic E-state index is -4.06. The maximum atomic E-state index is 14.0. The number of benzene rings is 2. The van der Waals surface area contributed by atoms with E-state index in [1.165, 1.54) is 4.31 Å². The fourth-order valence-electron chi connectivity index (χ4n) is 3.49. The van der Waals surface area contributed by atoms with Gasteiger partial charge in [-0.1, -0.05) is 30.8 Å². The number of sulfonamides is 1. The van der Waals surface area contributed by atoms with Crippen molar-refractivity contribution < 1.29 is 22.6 Å². The molecule has 2 aromatic carbocycles. The zero-order chi connectivity index (χ0) is 26.3. The van der Waals surface area contributed by atoms with E-state index in [0.717, 1.165) is 16.7 Å². The highest BCUT2D eigenvalue weighted by Crippen LogP contribution is 2.31. The minimum absolute atomic E-state index is 0.123. The first kappa shape index (κ1) is 27.3. The maximum Gasteiger partial charge on any atom is 0.242 e. The quantitative estimate of drug-likeness (QED) is 0.344. The van der Waals surface area contributed by atoms with Crippen molar-refractivity contribution in [2.45, 2.75) is 46.1 Å². The number of rotatable bonds is 12. The van der Waals surface area contributed by atoms with Gasteiger partial charge in [-0.25, -0.2) is 18.4 Å². The van der Waals surface area contributed by atoms with Gasteiger partial charge in [0.1, 0.15) is 11.5 Å². The molecule has 8 nitrogen and oxygen atoms in total. The van der Waals surface area contributed by atoms with Gasteiger partial charge in [-0.15, -0.1) is 0 Å². The first-order valence-corrected chi connectivity index (χ1v) is 13.0. The summed E-state index contributed by atoms with van der Waals surface area (Å²) >= 11 is 0. The predicted octanol–water partition coefficient (Wildman–Crippen LogP) is 4.81. The highest BCUT2D eigenvalue weighted by molar-refractivity contribution is 7.93. The van der Waals surface area contributed by atoms with Crippen LogP contribution in [0.15, 0.2) is 72.4 Å². The van der Waals surface area contributed by atoms with Crippen LogP contribution in [0, 0.1) is 6.92 Å². The second kappa shape index (κ2) is 12.1. The summed E-state index contributed by atoms with van der Waals surface area (Å²) in [4.78, 5) is 8.53. The molecule has 1 heterocycles. The van der Waals surface area contributed by atoms with Gasteiger partial charge in [0.2, 0.25) is 10.0 Å². The van der Waals surface area contributed by atoms with Gasteiger partial charge in [-0.05, 0) is 61.7 Å². The van der Waals surface area contributed by atoms with Gasteiger partial charge in [0.15, 0.2) is 11.9 Å². The highest BCUT2D eigenvalue weighted by Gasteiger charge is 2.34. The van der Waals surface area contributed by atoms with Crippen molar-refractivity contribution >= 4 is 10.0 Å². The molecule has 0 radical (unpaired) electrons. The molecule has 1 atom stereocenters. The number of methoxy groups -OCH3 is 2. The second-order valence-electron chi connectivity index (χ2n) is 8.62. The Morgan fingerprint density at radius 2 is 1.33 bits per heavy atom. The van der Waals surface area contributed by atoms with Crippen LogP contribution in [0.25, 0.3) is 0 Å². The Morgan fingerprint density at radius 1 is 0.889 bits per heavy atom. The van der Waals surface area contributed by atoms with E-state index in [1.807, 2.05) is 45.0 Å². The lowest BCUT2D eigenvalue weighted by Crippen LogP contribution is -2.34. The van der Waals surface area contributed by atoms with Crippen molar-refractivity contribution in [1.29, 1.82) is 0 Å². The standard InChI is InChI=1S/C27H33N3O5S/c1-19(2)35-26(27-28-15-20(3)16-29-27)21(4)36(31,32)30(17-22-7-11-24(33-5)12-8-22)18-23-9-13-25(34-6)14-10-23/h7-16,19,26H,4,17-18H2,1-3,5-6H3/t26-/m1/s1. The largest absolute Gasteiger partial charge is 0.497 e. The molecule has 0 aliphatic rings. The fraction of sp³-hybridized carbons (Fsp3) is 0.333. The van der Waals surface area contributed by atoms with E-state index in [4.69, 9.17) is 14.2 Å². The van der Waals surface area contributed by atoms with E-state index in [0.29, 0.717) is 11.5 Å². The Morgan fingerprint density at radius 3 is 1.72 bits per heavy atom. The number of aryl methyl sites for hydroxylation is 1. The van der Waals surface area contributed by atoms with Gasteiger partial charge in [-0.3, -0.25) is 0 Å². The van der Waals surface area contributed by atoms with Crippen molar-refractivity contribution in [2.24, 2.45) is 0 Å². The Labute approximate surface area is 213 Å². The summed E-state index contributed by atoms with van der Waals surface area (Å²) in [6, 6.07) is 14.5. The lowest BCUT2D eigenvalue weighted by atomic mass is 10.2. The van der Waals surface area contributed by atoms with Gasteiger partial charge in [-0.2, -0.15) is 4.31 Å². The molecule has 0 spiro atoms. The van der Waals surface area contributed by atoms with E-state index in [9.17, 15) is 8.42 Å².